The lowest BCUT2D eigenvalue weighted by atomic mass is 9.93. The van der Waals surface area contributed by atoms with Crippen LogP contribution in [0.3, 0.4) is 0 Å². The molecule has 1 aliphatic carbocycles. The van der Waals surface area contributed by atoms with E-state index in [1.54, 1.807) is 12.1 Å². The summed E-state index contributed by atoms with van der Waals surface area (Å²) in [6, 6.07) is 12.7. The second-order valence-corrected chi connectivity index (χ2v) is 10.3. The number of nitrogens with one attached hydrogen (secondary N) is 1. The molecule has 4 aromatic rings. The smallest absolute Gasteiger partial charge is 0.484 e. The average molecular weight is 617 g/mol. The molecule has 44 heavy (non-hydrogen) atoms. The second kappa shape index (κ2) is 11.0. The highest BCUT2D eigenvalue weighted by Crippen LogP contribution is 2.44. The monoisotopic (exact) mass is 616 g/mol. The first-order valence-corrected chi connectivity index (χ1v) is 13.7. The van der Waals surface area contributed by atoms with Gasteiger partial charge in [0.1, 0.15) is 17.7 Å². The fourth-order valence-corrected chi connectivity index (χ4v) is 5.43. The number of aromatic nitrogens is 3. The number of rotatable bonds is 8. The number of halogens is 5. The van der Waals surface area contributed by atoms with Gasteiger partial charge in [0.15, 0.2) is 17.2 Å². The third kappa shape index (κ3) is 5.71. The number of pyridine rings is 1. The molecule has 1 aliphatic heterocycles. The fourth-order valence-electron chi connectivity index (χ4n) is 5.43. The van der Waals surface area contributed by atoms with Gasteiger partial charge in [-0.15, -0.1) is 8.78 Å². The number of hydrogen-bond acceptors (Lipinski definition) is 7. The van der Waals surface area contributed by atoms with Gasteiger partial charge in [-0.3, -0.25) is 0 Å². The molecule has 3 heterocycles. The lowest BCUT2D eigenvalue weighted by Crippen LogP contribution is -2.25. The number of benzene rings is 2. The van der Waals surface area contributed by atoms with Crippen molar-refractivity contribution in [1.82, 2.24) is 14.8 Å². The van der Waals surface area contributed by atoms with Gasteiger partial charge in [0.25, 0.3) is 0 Å². The molecular weight excluding hydrogens is 591 g/mol. The maximum atomic E-state index is 14.1. The van der Waals surface area contributed by atoms with Crippen LogP contribution in [0.15, 0.2) is 60.8 Å². The third-order valence-corrected chi connectivity index (χ3v) is 7.42. The first-order valence-electron chi connectivity index (χ1n) is 13.7. The minimum Gasteiger partial charge on any atom is -0.484 e. The molecule has 0 amide bonds. The number of carboxylic acid groups (broad SMARTS) is 1. The Morgan fingerprint density at radius 1 is 1.14 bits per heavy atom. The Labute approximate surface area is 247 Å². The normalized spacial score (nSPS) is 17.5. The topological polar surface area (TPSA) is 108 Å². The number of anilines is 1. The Balaban J connectivity index is 1.33. The second-order valence-electron chi connectivity index (χ2n) is 10.3. The molecule has 0 spiro atoms. The molecule has 0 bridgehead atoms. The quantitative estimate of drug-likeness (QED) is 0.198. The lowest BCUT2D eigenvalue weighted by Gasteiger charge is -2.26. The van der Waals surface area contributed by atoms with Crippen LogP contribution in [0.1, 0.15) is 71.2 Å². The van der Waals surface area contributed by atoms with Crippen LogP contribution in [0.5, 0.6) is 17.2 Å². The summed E-state index contributed by atoms with van der Waals surface area (Å²) in [6.45, 7) is 1.87. The predicted molar refractivity (Wildman–Crippen MR) is 145 cm³/mol. The first kappa shape index (κ1) is 29.2. The van der Waals surface area contributed by atoms with Gasteiger partial charge in [-0.1, -0.05) is 13.0 Å². The van der Waals surface area contributed by atoms with E-state index in [4.69, 9.17) is 4.74 Å². The van der Waals surface area contributed by atoms with Crippen molar-refractivity contribution in [3.05, 3.63) is 88.9 Å². The van der Waals surface area contributed by atoms with Crippen molar-refractivity contribution in [3.8, 4) is 22.9 Å². The van der Waals surface area contributed by atoms with E-state index >= 15 is 0 Å². The number of nitrogens with zero attached hydrogens (tertiary/aromatic N) is 3. The predicted octanol–water partition coefficient (Wildman–Crippen LogP) is 7.33. The fraction of sp³-hybridized carbons (Fsp3) is 0.300. The third-order valence-electron chi connectivity index (χ3n) is 7.42. The Kier molecular flexibility index (Phi) is 7.30. The average Bonchev–Trinajstić information content (AvgIpc) is 3.53. The molecule has 6 rings (SSSR count). The minimum absolute atomic E-state index is 0.0332. The van der Waals surface area contributed by atoms with Crippen molar-refractivity contribution in [3.63, 3.8) is 0 Å². The van der Waals surface area contributed by atoms with E-state index in [2.05, 4.69) is 24.9 Å². The van der Waals surface area contributed by atoms with E-state index in [1.165, 1.54) is 53.3 Å². The minimum atomic E-state index is -4.71. The van der Waals surface area contributed by atoms with Crippen molar-refractivity contribution in [2.75, 3.05) is 5.32 Å². The molecule has 2 aromatic carbocycles. The van der Waals surface area contributed by atoms with E-state index in [0.717, 1.165) is 0 Å². The molecule has 0 saturated heterocycles. The van der Waals surface area contributed by atoms with Crippen LogP contribution in [-0.4, -0.2) is 32.1 Å². The molecule has 0 unspecified atom stereocenters. The molecular formula is C30H25F5N4O5. The van der Waals surface area contributed by atoms with E-state index in [1.807, 2.05) is 6.92 Å². The molecule has 2 N–H and O–H groups in total. The van der Waals surface area contributed by atoms with Crippen LogP contribution in [-0.2, 0) is 12.6 Å². The summed E-state index contributed by atoms with van der Waals surface area (Å²) in [7, 11) is 0. The van der Waals surface area contributed by atoms with E-state index in [0.29, 0.717) is 42.1 Å². The van der Waals surface area contributed by atoms with Gasteiger partial charge in [0, 0.05) is 17.8 Å². The van der Waals surface area contributed by atoms with Crippen molar-refractivity contribution >= 4 is 11.8 Å². The summed E-state index contributed by atoms with van der Waals surface area (Å²) in [5.41, 5.74) is 0.227. The Morgan fingerprint density at radius 3 is 2.59 bits per heavy atom. The maximum Gasteiger partial charge on any atom is 0.586 e. The summed E-state index contributed by atoms with van der Waals surface area (Å²) >= 11 is 0. The van der Waals surface area contributed by atoms with Gasteiger partial charge in [-0.25, -0.2) is 14.5 Å². The molecule has 0 saturated carbocycles. The van der Waals surface area contributed by atoms with Crippen molar-refractivity contribution < 1.29 is 46.1 Å². The Morgan fingerprint density at radius 2 is 1.89 bits per heavy atom. The van der Waals surface area contributed by atoms with Gasteiger partial charge < -0.3 is 24.6 Å². The summed E-state index contributed by atoms with van der Waals surface area (Å²) in [6.07, 6.45) is -6.33. The molecule has 2 aliphatic rings. The highest BCUT2D eigenvalue weighted by atomic mass is 19.4. The van der Waals surface area contributed by atoms with Crippen LogP contribution >= 0.6 is 0 Å². The SMILES string of the molecule is CC[C@H](Nc1cc(-n2nc(C(F)(F)F)c3c2[C@@H](Oc2ccc(C(=O)O)cc2)CCC3)ccn1)c1ccc2c(c1)OC(F)(F)O2. The molecule has 14 heteroatoms. The zero-order chi connectivity index (χ0) is 31.2. The van der Waals surface area contributed by atoms with E-state index in [-0.39, 0.29) is 34.7 Å². The van der Waals surface area contributed by atoms with Gasteiger partial charge in [0.2, 0.25) is 0 Å². The summed E-state index contributed by atoms with van der Waals surface area (Å²) < 4.78 is 85.8. The number of hydrogen-bond donors (Lipinski definition) is 2. The number of ether oxygens (including phenoxy) is 3. The molecule has 2 atom stereocenters. The number of alkyl halides is 5. The summed E-state index contributed by atoms with van der Waals surface area (Å²) in [5.74, 6) is -0.698. The van der Waals surface area contributed by atoms with Crippen LogP contribution in [0.4, 0.5) is 27.8 Å². The first-order chi connectivity index (χ1) is 20.9. The van der Waals surface area contributed by atoms with Gasteiger partial charge in [0.05, 0.1) is 23.0 Å². The molecule has 0 fully saturated rings. The van der Waals surface area contributed by atoms with Crippen LogP contribution in [0, 0.1) is 0 Å². The van der Waals surface area contributed by atoms with E-state index < -0.39 is 36.3 Å². The summed E-state index contributed by atoms with van der Waals surface area (Å²) in [4.78, 5) is 15.5. The van der Waals surface area contributed by atoms with Crippen molar-refractivity contribution in [1.29, 1.82) is 0 Å². The van der Waals surface area contributed by atoms with Crippen LogP contribution < -0.4 is 19.5 Å². The number of fused-ring (bicyclic) bond motifs is 2. The molecule has 9 nitrogen and oxygen atoms in total. The largest absolute Gasteiger partial charge is 0.586 e. The Bertz CT molecular complexity index is 1710. The number of aromatic carboxylic acids is 1. The zero-order valence-electron chi connectivity index (χ0n) is 23.1. The van der Waals surface area contributed by atoms with Gasteiger partial charge >= 0.3 is 18.4 Å². The van der Waals surface area contributed by atoms with Gasteiger partial charge in [-0.05, 0) is 73.7 Å². The molecule has 2 aromatic heterocycles. The maximum absolute atomic E-state index is 14.1. The molecule has 230 valence electrons. The van der Waals surface area contributed by atoms with Crippen molar-refractivity contribution in [2.24, 2.45) is 0 Å². The standard InChI is InChI=1S/C30H25F5N4O5/c1-2-21(17-8-11-22-24(14-17)44-30(34,35)43-22)37-25-15-18(12-13-36-25)39-26-20(27(38-39)29(31,32)33)4-3-5-23(26)42-19-9-6-16(7-10-19)28(40)41/h6-15,21,23H,2-5H2,1H3,(H,36,37)(H,40,41)/t21-,23-/m0/s1. The Hall–Kier alpha value is -4.88. The highest BCUT2D eigenvalue weighted by molar-refractivity contribution is 5.87. The van der Waals surface area contributed by atoms with Crippen LogP contribution in [0.2, 0.25) is 0 Å². The van der Waals surface area contributed by atoms with E-state index in [9.17, 15) is 31.9 Å². The summed E-state index contributed by atoms with van der Waals surface area (Å²) in [5, 5.41) is 16.4. The van der Waals surface area contributed by atoms with Crippen molar-refractivity contribution in [2.45, 2.75) is 57.2 Å². The molecule has 0 radical (unpaired) electrons. The lowest BCUT2D eigenvalue weighted by molar-refractivity contribution is -0.286. The zero-order valence-corrected chi connectivity index (χ0v) is 23.1. The number of carboxylic acids is 1. The highest BCUT2D eigenvalue weighted by Gasteiger charge is 2.44. The number of carbonyl (C=O) groups is 1. The van der Waals surface area contributed by atoms with Gasteiger partial charge in [-0.2, -0.15) is 18.3 Å². The van der Waals surface area contributed by atoms with Crippen LogP contribution in [0.25, 0.3) is 5.69 Å².